The number of nitrogens with zero attached hydrogens (tertiary/aromatic N) is 2. The number of carbonyl (C=O) groups excluding carboxylic acids is 1. The minimum absolute atomic E-state index is 0.154. The SMILES string of the molecule is CN(C)C(=O)CCN1CC[C@H](O)C1. The van der Waals surface area contributed by atoms with Gasteiger partial charge in [-0.1, -0.05) is 0 Å². The van der Waals surface area contributed by atoms with Gasteiger partial charge in [-0.15, -0.1) is 0 Å². The van der Waals surface area contributed by atoms with Gasteiger partial charge in [-0.05, 0) is 6.42 Å². The lowest BCUT2D eigenvalue weighted by atomic mass is 10.3. The van der Waals surface area contributed by atoms with Crippen molar-refractivity contribution < 1.29 is 9.90 Å². The Labute approximate surface area is 79.1 Å². The third kappa shape index (κ3) is 3.32. The van der Waals surface area contributed by atoms with Crippen LogP contribution in [0, 0.1) is 0 Å². The zero-order valence-electron chi connectivity index (χ0n) is 8.36. The van der Waals surface area contributed by atoms with Gasteiger partial charge in [0.2, 0.25) is 5.91 Å². The first-order valence-corrected chi connectivity index (χ1v) is 4.70. The van der Waals surface area contributed by atoms with Gasteiger partial charge in [-0.3, -0.25) is 4.79 Å². The molecule has 0 aromatic carbocycles. The van der Waals surface area contributed by atoms with Gasteiger partial charge in [0.05, 0.1) is 6.10 Å². The zero-order chi connectivity index (χ0) is 9.84. The number of aliphatic hydroxyl groups is 1. The van der Waals surface area contributed by atoms with E-state index < -0.39 is 0 Å². The van der Waals surface area contributed by atoms with Crippen LogP contribution < -0.4 is 0 Å². The summed E-state index contributed by atoms with van der Waals surface area (Å²) in [5.74, 6) is 0.154. The summed E-state index contributed by atoms with van der Waals surface area (Å²) in [5, 5.41) is 9.24. The van der Waals surface area contributed by atoms with E-state index >= 15 is 0 Å². The molecular weight excluding hydrogens is 168 g/mol. The van der Waals surface area contributed by atoms with Crippen molar-refractivity contribution in [3.05, 3.63) is 0 Å². The summed E-state index contributed by atoms with van der Waals surface area (Å²) in [6, 6.07) is 0. The van der Waals surface area contributed by atoms with Gasteiger partial charge in [0.1, 0.15) is 0 Å². The van der Waals surface area contributed by atoms with E-state index in [1.807, 2.05) is 0 Å². The molecular formula is C9H18N2O2. The Morgan fingerprint density at radius 2 is 2.31 bits per heavy atom. The van der Waals surface area contributed by atoms with Crippen molar-refractivity contribution in [2.75, 3.05) is 33.7 Å². The fourth-order valence-electron chi connectivity index (χ4n) is 1.49. The summed E-state index contributed by atoms with van der Waals surface area (Å²) >= 11 is 0. The predicted molar refractivity (Wildman–Crippen MR) is 50.4 cm³/mol. The van der Waals surface area contributed by atoms with Crippen molar-refractivity contribution >= 4 is 5.91 Å². The molecule has 1 heterocycles. The molecule has 1 aliphatic heterocycles. The molecule has 0 radical (unpaired) electrons. The zero-order valence-corrected chi connectivity index (χ0v) is 8.36. The molecule has 1 N–H and O–H groups in total. The van der Waals surface area contributed by atoms with Gasteiger partial charge < -0.3 is 14.9 Å². The van der Waals surface area contributed by atoms with Gasteiger partial charge >= 0.3 is 0 Å². The lowest BCUT2D eigenvalue weighted by molar-refractivity contribution is -0.129. The highest BCUT2D eigenvalue weighted by molar-refractivity contribution is 5.75. The molecule has 0 aromatic heterocycles. The Bertz CT molecular complexity index is 182. The van der Waals surface area contributed by atoms with E-state index in [0.29, 0.717) is 6.42 Å². The maximum Gasteiger partial charge on any atom is 0.223 e. The minimum Gasteiger partial charge on any atom is -0.392 e. The standard InChI is InChI=1S/C9H18N2O2/c1-10(2)9(13)4-6-11-5-3-8(12)7-11/h8,12H,3-7H2,1-2H3/t8-/m0/s1. The number of β-amino-alcohol motifs (C(OH)–C–C–N with tert-alkyl or cyclic N) is 1. The van der Waals surface area contributed by atoms with Crippen LogP contribution in [0.2, 0.25) is 0 Å². The van der Waals surface area contributed by atoms with Crippen LogP contribution in [0.5, 0.6) is 0 Å². The maximum atomic E-state index is 11.2. The summed E-state index contributed by atoms with van der Waals surface area (Å²) in [5.41, 5.74) is 0. The lowest BCUT2D eigenvalue weighted by Gasteiger charge is -2.16. The Morgan fingerprint density at radius 1 is 1.62 bits per heavy atom. The maximum absolute atomic E-state index is 11.2. The number of aliphatic hydroxyl groups excluding tert-OH is 1. The summed E-state index contributed by atoms with van der Waals surface area (Å²) < 4.78 is 0. The second-order valence-corrected chi connectivity index (χ2v) is 3.78. The number of rotatable bonds is 3. The molecule has 1 saturated heterocycles. The average molecular weight is 186 g/mol. The van der Waals surface area contributed by atoms with E-state index in [4.69, 9.17) is 0 Å². The summed E-state index contributed by atoms with van der Waals surface area (Å²) in [6.07, 6.45) is 1.21. The van der Waals surface area contributed by atoms with Crippen molar-refractivity contribution in [2.45, 2.75) is 18.9 Å². The third-order valence-corrected chi connectivity index (χ3v) is 2.39. The quantitative estimate of drug-likeness (QED) is 0.648. The van der Waals surface area contributed by atoms with Crippen LogP contribution in [0.15, 0.2) is 0 Å². The van der Waals surface area contributed by atoms with E-state index in [-0.39, 0.29) is 12.0 Å². The summed E-state index contributed by atoms with van der Waals surface area (Å²) in [6.45, 7) is 2.41. The highest BCUT2D eigenvalue weighted by Crippen LogP contribution is 2.08. The molecule has 0 saturated carbocycles. The number of carbonyl (C=O) groups is 1. The van der Waals surface area contributed by atoms with Crippen LogP contribution >= 0.6 is 0 Å². The van der Waals surface area contributed by atoms with Gasteiger partial charge in [-0.25, -0.2) is 0 Å². The molecule has 0 spiro atoms. The molecule has 4 nitrogen and oxygen atoms in total. The first kappa shape index (κ1) is 10.5. The van der Waals surface area contributed by atoms with E-state index in [9.17, 15) is 9.90 Å². The van der Waals surface area contributed by atoms with Crippen molar-refractivity contribution in [1.82, 2.24) is 9.80 Å². The van der Waals surface area contributed by atoms with Gasteiger partial charge in [0.25, 0.3) is 0 Å². The smallest absolute Gasteiger partial charge is 0.223 e. The average Bonchev–Trinajstić information content (AvgIpc) is 2.47. The minimum atomic E-state index is -0.186. The molecule has 0 bridgehead atoms. The third-order valence-electron chi connectivity index (χ3n) is 2.39. The van der Waals surface area contributed by atoms with Crippen LogP contribution in [-0.2, 0) is 4.79 Å². The fourth-order valence-corrected chi connectivity index (χ4v) is 1.49. The molecule has 1 amide bonds. The fraction of sp³-hybridized carbons (Fsp3) is 0.889. The number of amides is 1. The Morgan fingerprint density at radius 3 is 2.77 bits per heavy atom. The Balaban J connectivity index is 2.16. The lowest BCUT2D eigenvalue weighted by Crippen LogP contribution is -2.29. The summed E-state index contributed by atoms with van der Waals surface area (Å²) in [7, 11) is 3.53. The van der Waals surface area contributed by atoms with Crippen molar-refractivity contribution in [1.29, 1.82) is 0 Å². The normalized spacial score (nSPS) is 23.5. The predicted octanol–water partition coefficient (Wildman–Crippen LogP) is -0.469. The van der Waals surface area contributed by atoms with E-state index in [2.05, 4.69) is 4.90 Å². The molecule has 13 heavy (non-hydrogen) atoms. The Kier molecular flexibility index (Phi) is 3.69. The van der Waals surface area contributed by atoms with Crippen molar-refractivity contribution in [3.8, 4) is 0 Å². The van der Waals surface area contributed by atoms with Crippen LogP contribution in [0.1, 0.15) is 12.8 Å². The molecule has 1 fully saturated rings. The van der Waals surface area contributed by atoms with Gasteiger partial charge in [0, 0.05) is 40.2 Å². The van der Waals surface area contributed by atoms with E-state index in [1.54, 1.807) is 19.0 Å². The van der Waals surface area contributed by atoms with E-state index in [1.165, 1.54) is 0 Å². The van der Waals surface area contributed by atoms with Crippen LogP contribution in [-0.4, -0.2) is 60.6 Å². The molecule has 76 valence electrons. The number of hydrogen-bond acceptors (Lipinski definition) is 3. The second-order valence-electron chi connectivity index (χ2n) is 3.78. The first-order valence-electron chi connectivity index (χ1n) is 4.70. The summed E-state index contributed by atoms with van der Waals surface area (Å²) in [4.78, 5) is 15.0. The van der Waals surface area contributed by atoms with Crippen LogP contribution in [0.4, 0.5) is 0 Å². The van der Waals surface area contributed by atoms with Crippen LogP contribution in [0.3, 0.4) is 0 Å². The second kappa shape index (κ2) is 4.58. The molecule has 1 atom stereocenters. The first-order chi connectivity index (χ1) is 6.09. The molecule has 0 aliphatic carbocycles. The molecule has 0 aromatic rings. The number of likely N-dealkylation sites (tertiary alicyclic amines) is 1. The Hall–Kier alpha value is -0.610. The highest BCUT2D eigenvalue weighted by atomic mass is 16.3. The molecule has 4 heteroatoms. The molecule has 1 aliphatic rings. The van der Waals surface area contributed by atoms with Crippen molar-refractivity contribution in [3.63, 3.8) is 0 Å². The van der Waals surface area contributed by atoms with Gasteiger partial charge in [0.15, 0.2) is 0 Å². The van der Waals surface area contributed by atoms with Crippen LogP contribution in [0.25, 0.3) is 0 Å². The monoisotopic (exact) mass is 186 g/mol. The largest absolute Gasteiger partial charge is 0.392 e. The molecule has 0 unspecified atom stereocenters. The number of hydrogen-bond donors (Lipinski definition) is 1. The highest BCUT2D eigenvalue weighted by Gasteiger charge is 2.20. The van der Waals surface area contributed by atoms with Gasteiger partial charge in [-0.2, -0.15) is 0 Å². The molecule has 1 rings (SSSR count). The topological polar surface area (TPSA) is 43.8 Å². The van der Waals surface area contributed by atoms with Crippen molar-refractivity contribution in [2.24, 2.45) is 0 Å². The van der Waals surface area contributed by atoms with E-state index in [0.717, 1.165) is 26.1 Å².